The average Bonchev–Trinajstić information content (AvgIpc) is 2.33. The second-order valence-electron chi connectivity index (χ2n) is 3.50. The van der Waals surface area contributed by atoms with E-state index in [4.69, 9.17) is 10.5 Å². The summed E-state index contributed by atoms with van der Waals surface area (Å²) in [4.78, 5) is 21.7. The maximum atomic E-state index is 11.2. The molecule has 1 aromatic rings. The molecule has 0 aliphatic carbocycles. The Kier molecular flexibility index (Phi) is 5.51. The molecule has 0 saturated carbocycles. The van der Waals surface area contributed by atoms with Crippen LogP contribution in [0, 0.1) is 0 Å². The highest BCUT2D eigenvalue weighted by molar-refractivity contribution is 5.82. The van der Waals surface area contributed by atoms with Gasteiger partial charge in [0.05, 0.1) is 0 Å². The highest BCUT2D eigenvalue weighted by Gasteiger charge is 1.98. The molecule has 0 atom stereocenters. The van der Waals surface area contributed by atoms with Crippen molar-refractivity contribution in [3.63, 3.8) is 0 Å². The van der Waals surface area contributed by atoms with Gasteiger partial charge in [-0.2, -0.15) is 0 Å². The maximum absolute atomic E-state index is 11.2. The van der Waals surface area contributed by atoms with Gasteiger partial charge in [0, 0.05) is 12.5 Å². The number of amides is 1. The van der Waals surface area contributed by atoms with Crippen molar-refractivity contribution in [1.82, 2.24) is 0 Å². The van der Waals surface area contributed by atoms with Crippen molar-refractivity contribution >= 4 is 11.9 Å². The minimum atomic E-state index is -0.418. The molecule has 1 rings (SSSR count). The number of allylic oxidation sites excluding steroid dienone is 1. The predicted octanol–water partition coefficient (Wildman–Crippen LogP) is 1.55. The molecule has 0 aliphatic rings. The summed E-state index contributed by atoms with van der Waals surface area (Å²) in [5.41, 5.74) is 5.89. The van der Waals surface area contributed by atoms with Crippen LogP contribution in [0.3, 0.4) is 0 Å². The van der Waals surface area contributed by atoms with E-state index in [9.17, 15) is 9.59 Å². The SMILES string of the molecule is NC(=O)CC/C=C/C(=O)OCc1ccccc1. The lowest BCUT2D eigenvalue weighted by Gasteiger charge is -2.01. The normalized spacial score (nSPS) is 10.4. The lowest BCUT2D eigenvalue weighted by Crippen LogP contribution is -2.09. The van der Waals surface area contributed by atoms with Gasteiger partial charge in [-0.25, -0.2) is 4.79 Å². The lowest BCUT2D eigenvalue weighted by molar-refractivity contribution is -0.139. The van der Waals surface area contributed by atoms with Gasteiger partial charge in [0.2, 0.25) is 5.91 Å². The van der Waals surface area contributed by atoms with Crippen molar-refractivity contribution in [1.29, 1.82) is 0 Å². The second kappa shape index (κ2) is 7.22. The molecule has 4 nitrogen and oxygen atoms in total. The van der Waals surface area contributed by atoms with Crippen LogP contribution in [-0.2, 0) is 20.9 Å². The van der Waals surface area contributed by atoms with Crippen LogP contribution >= 0.6 is 0 Å². The van der Waals surface area contributed by atoms with Crippen molar-refractivity contribution < 1.29 is 14.3 Å². The first-order valence-corrected chi connectivity index (χ1v) is 5.34. The van der Waals surface area contributed by atoms with E-state index in [0.29, 0.717) is 6.42 Å². The van der Waals surface area contributed by atoms with E-state index in [-0.39, 0.29) is 18.9 Å². The van der Waals surface area contributed by atoms with E-state index in [0.717, 1.165) is 5.56 Å². The highest BCUT2D eigenvalue weighted by Crippen LogP contribution is 2.01. The number of rotatable bonds is 6. The first kappa shape index (κ1) is 13.0. The van der Waals surface area contributed by atoms with Gasteiger partial charge in [-0.15, -0.1) is 0 Å². The van der Waals surface area contributed by atoms with Gasteiger partial charge < -0.3 is 10.5 Å². The summed E-state index contributed by atoms with van der Waals surface area (Å²) >= 11 is 0. The number of carbonyl (C=O) groups excluding carboxylic acids is 2. The van der Waals surface area contributed by atoms with Gasteiger partial charge in [0.1, 0.15) is 6.61 Å². The number of esters is 1. The van der Waals surface area contributed by atoms with E-state index in [1.54, 1.807) is 6.08 Å². The molecule has 0 unspecified atom stereocenters. The Labute approximate surface area is 100 Å². The fourth-order valence-electron chi connectivity index (χ4n) is 1.18. The molecule has 0 spiro atoms. The zero-order chi connectivity index (χ0) is 12.5. The molecular weight excluding hydrogens is 218 g/mol. The fourth-order valence-corrected chi connectivity index (χ4v) is 1.18. The molecule has 0 saturated heterocycles. The largest absolute Gasteiger partial charge is 0.458 e. The molecule has 17 heavy (non-hydrogen) atoms. The predicted molar refractivity (Wildman–Crippen MR) is 63.8 cm³/mol. The van der Waals surface area contributed by atoms with Gasteiger partial charge in [0.15, 0.2) is 0 Å². The molecule has 1 amide bonds. The summed E-state index contributed by atoms with van der Waals surface area (Å²) in [5.74, 6) is -0.800. The lowest BCUT2D eigenvalue weighted by atomic mass is 10.2. The van der Waals surface area contributed by atoms with E-state index in [2.05, 4.69) is 0 Å². The van der Waals surface area contributed by atoms with Crippen molar-refractivity contribution in [2.75, 3.05) is 0 Å². The second-order valence-corrected chi connectivity index (χ2v) is 3.50. The zero-order valence-electron chi connectivity index (χ0n) is 9.46. The van der Waals surface area contributed by atoms with Crippen LogP contribution in [0.15, 0.2) is 42.5 Å². The number of hydrogen-bond donors (Lipinski definition) is 1. The minimum absolute atomic E-state index is 0.239. The summed E-state index contributed by atoms with van der Waals surface area (Å²) in [6, 6.07) is 9.42. The van der Waals surface area contributed by atoms with E-state index < -0.39 is 5.97 Å². The number of carbonyl (C=O) groups is 2. The van der Waals surface area contributed by atoms with Crippen LogP contribution in [0.4, 0.5) is 0 Å². The van der Waals surface area contributed by atoms with Crippen LogP contribution in [0.1, 0.15) is 18.4 Å². The molecule has 0 aromatic heterocycles. The van der Waals surface area contributed by atoms with Gasteiger partial charge >= 0.3 is 5.97 Å². The summed E-state index contributed by atoms with van der Waals surface area (Å²) in [6.45, 7) is 0.250. The van der Waals surface area contributed by atoms with Crippen LogP contribution < -0.4 is 5.73 Å². The molecule has 2 N–H and O–H groups in total. The summed E-state index contributed by atoms with van der Waals surface area (Å²) in [6.07, 6.45) is 3.59. The molecule has 0 radical (unpaired) electrons. The molecular formula is C13H15NO3. The minimum Gasteiger partial charge on any atom is -0.458 e. The Hall–Kier alpha value is -2.10. The van der Waals surface area contributed by atoms with Crippen molar-refractivity contribution in [2.24, 2.45) is 5.73 Å². The smallest absolute Gasteiger partial charge is 0.330 e. The molecule has 0 bridgehead atoms. The molecule has 0 heterocycles. The summed E-state index contributed by atoms with van der Waals surface area (Å²) in [5, 5.41) is 0. The molecule has 1 aromatic carbocycles. The third-order valence-corrected chi connectivity index (χ3v) is 2.04. The maximum Gasteiger partial charge on any atom is 0.330 e. The summed E-state index contributed by atoms with van der Waals surface area (Å²) in [7, 11) is 0. The van der Waals surface area contributed by atoms with Crippen molar-refractivity contribution in [2.45, 2.75) is 19.4 Å². The Morgan fingerprint density at radius 3 is 2.59 bits per heavy atom. The summed E-state index contributed by atoms with van der Waals surface area (Å²) < 4.78 is 4.99. The van der Waals surface area contributed by atoms with Crippen molar-refractivity contribution in [3.8, 4) is 0 Å². The van der Waals surface area contributed by atoms with Gasteiger partial charge in [0.25, 0.3) is 0 Å². The molecule has 90 valence electrons. The number of nitrogens with two attached hydrogens (primary N) is 1. The number of hydrogen-bond acceptors (Lipinski definition) is 3. The number of benzene rings is 1. The number of ether oxygens (including phenoxy) is 1. The van der Waals surface area contributed by atoms with Crippen molar-refractivity contribution in [3.05, 3.63) is 48.0 Å². The average molecular weight is 233 g/mol. The Morgan fingerprint density at radius 1 is 1.24 bits per heavy atom. The Balaban J connectivity index is 2.24. The fraction of sp³-hybridized carbons (Fsp3) is 0.231. The van der Waals surface area contributed by atoms with E-state index in [1.807, 2.05) is 30.3 Å². The van der Waals surface area contributed by atoms with Crippen LogP contribution in [0.5, 0.6) is 0 Å². The zero-order valence-corrected chi connectivity index (χ0v) is 9.46. The van der Waals surface area contributed by atoms with Crippen LogP contribution in [-0.4, -0.2) is 11.9 Å². The topological polar surface area (TPSA) is 69.4 Å². The van der Waals surface area contributed by atoms with Gasteiger partial charge in [-0.1, -0.05) is 36.4 Å². The van der Waals surface area contributed by atoms with Crippen LogP contribution in [0.25, 0.3) is 0 Å². The van der Waals surface area contributed by atoms with Gasteiger partial charge in [-0.3, -0.25) is 4.79 Å². The van der Waals surface area contributed by atoms with E-state index in [1.165, 1.54) is 6.08 Å². The molecule has 0 fully saturated rings. The Morgan fingerprint density at radius 2 is 1.94 bits per heavy atom. The van der Waals surface area contributed by atoms with Crippen LogP contribution in [0.2, 0.25) is 0 Å². The highest BCUT2D eigenvalue weighted by atomic mass is 16.5. The quantitative estimate of drug-likeness (QED) is 0.598. The monoisotopic (exact) mass is 233 g/mol. The number of primary amides is 1. The third kappa shape index (κ3) is 6.14. The standard InChI is InChI=1S/C13H15NO3/c14-12(15)8-4-5-9-13(16)17-10-11-6-2-1-3-7-11/h1-3,5-7,9H,4,8,10H2,(H2,14,15)/b9-5+. The first-order valence-electron chi connectivity index (χ1n) is 5.34. The molecule has 0 aliphatic heterocycles. The molecule has 4 heteroatoms. The third-order valence-electron chi connectivity index (χ3n) is 2.04. The van der Waals surface area contributed by atoms with Gasteiger partial charge in [-0.05, 0) is 12.0 Å². The van der Waals surface area contributed by atoms with E-state index >= 15 is 0 Å². The first-order chi connectivity index (χ1) is 8.18. The Bertz CT molecular complexity index is 398.